The fourth-order valence-corrected chi connectivity index (χ4v) is 2.06. The van der Waals surface area contributed by atoms with E-state index in [0.29, 0.717) is 13.1 Å². The molecule has 0 radical (unpaired) electrons. The molecular weight excluding hydrogens is 238 g/mol. The lowest BCUT2D eigenvalue weighted by atomic mass is 10.3. The number of halogens is 3. The molecule has 2 N–H and O–H groups in total. The third kappa shape index (κ3) is 2.02. The molecule has 1 aliphatic heterocycles. The van der Waals surface area contributed by atoms with Crippen molar-refractivity contribution in [3.05, 3.63) is 10.7 Å². The monoisotopic (exact) mass is 248 g/mol. The predicted molar refractivity (Wildman–Crippen MR) is 57.9 cm³/mol. The number of alkyl halides is 2. The van der Waals surface area contributed by atoms with E-state index in [1.807, 2.05) is 0 Å². The maximum Gasteiger partial charge on any atom is 0.270 e. The van der Waals surface area contributed by atoms with E-state index in [2.05, 4.69) is 9.97 Å². The lowest BCUT2D eigenvalue weighted by Gasteiger charge is -2.20. The van der Waals surface area contributed by atoms with Crippen molar-refractivity contribution in [2.75, 3.05) is 23.7 Å². The molecule has 0 amide bonds. The Labute approximate surface area is 96.4 Å². The maximum absolute atomic E-state index is 12.8. The molecule has 1 aromatic rings. The molecule has 0 aliphatic carbocycles. The number of anilines is 2. The molecule has 2 rings (SSSR count). The molecule has 4 nitrogen and oxygen atoms in total. The Morgan fingerprint density at radius 3 is 2.44 bits per heavy atom. The first-order chi connectivity index (χ1) is 7.59. The van der Waals surface area contributed by atoms with Crippen molar-refractivity contribution in [2.45, 2.75) is 19.3 Å². The van der Waals surface area contributed by atoms with Crippen molar-refractivity contribution in [1.82, 2.24) is 9.97 Å². The van der Waals surface area contributed by atoms with E-state index in [0.717, 1.165) is 12.8 Å². The molecule has 0 unspecified atom stereocenters. The van der Waals surface area contributed by atoms with Gasteiger partial charge in [0.15, 0.2) is 0 Å². The van der Waals surface area contributed by atoms with Gasteiger partial charge in [-0.25, -0.2) is 13.8 Å². The van der Waals surface area contributed by atoms with E-state index in [1.165, 1.54) is 0 Å². The van der Waals surface area contributed by atoms with Gasteiger partial charge in [-0.3, -0.25) is 0 Å². The van der Waals surface area contributed by atoms with Crippen LogP contribution >= 0.6 is 11.6 Å². The van der Waals surface area contributed by atoms with Gasteiger partial charge in [0.2, 0.25) is 5.95 Å². The Kier molecular flexibility index (Phi) is 3.09. The number of rotatable bonds is 2. The number of nitrogens with zero attached hydrogens (tertiary/aromatic N) is 3. The van der Waals surface area contributed by atoms with Crippen LogP contribution in [0.1, 0.15) is 24.8 Å². The first-order valence-corrected chi connectivity index (χ1v) is 5.33. The zero-order valence-corrected chi connectivity index (χ0v) is 9.21. The van der Waals surface area contributed by atoms with Crippen LogP contribution in [-0.2, 0) is 0 Å². The summed E-state index contributed by atoms with van der Waals surface area (Å²) in [6.07, 6.45) is -0.766. The average molecular weight is 249 g/mol. The van der Waals surface area contributed by atoms with Crippen molar-refractivity contribution >= 4 is 23.4 Å². The molecule has 0 atom stereocenters. The van der Waals surface area contributed by atoms with Crippen LogP contribution in [0.5, 0.6) is 0 Å². The van der Waals surface area contributed by atoms with Gasteiger partial charge in [-0.15, -0.1) is 0 Å². The normalized spacial score (nSPS) is 16.1. The SMILES string of the molecule is Nc1nc(Cl)c(C(F)F)c(N2CCCC2)n1. The van der Waals surface area contributed by atoms with Crippen LogP contribution in [0.2, 0.25) is 5.15 Å². The smallest absolute Gasteiger partial charge is 0.270 e. The van der Waals surface area contributed by atoms with Gasteiger partial charge in [-0.05, 0) is 12.8 Å². The summed E-state index contributed by atoms with van der Waals surface area (Å²) in [6, 6.07) is 0. The molecule has 0 bridgehead atoms. The molecule has 2 heterocycles. The van der Waals surface area contributed by atoms with Crippen molar-refractivity contribution in [1.29, 1.82) is 0 Å². The van der Waals surface area contributed by atoms with Crippen LogP contribution in [-0.4, -0.2) is 23.1 Å². The van der Waals surface area contributed by atoms with Gasteiger partial charge >= 0.3 is 0 Å². The second kappa shape index (κ2) is 4.37. The fraction of sp³-hybridized carbons (Fsp3) is 0.556. The van der Waals surface area contributed by atoms with Gasteiger partial charge in [-0.2, -0.15) is 4.98 Å². The van der Waals surface area contributed by atoms with Crippen molar-refractivity contribution in [3.8, 4) is 0 Å². The molecule has 1 aromatic heterocycles. The zero-order chi connectivity index (χ0) is 11.7. The first kappa shape index (κ1) is 11.3. The second-order valence-corrected chi connectivity index (χ2v) is 3.96. The Balaban J connectivity index is 2.47. The average Bonchev–Trinajstić information content (AvgIpc) is 2.67. The van der Waals surface area contributed by atoms with E-state index in [4.69, 9.17) is 17.3 Å². The van der Waals surface area contributed by atoms with Crippen LogP contribution in [0, 0.1) is 0 Å². The summed E-state index contributed by atoms with van der Waals surface area (Å²) >= 11 is 5.67. The topological polar surface area (TPSA) is 55.0 Å². The van der Waals surface area contributed by atoms with Crippen molar-refractivity contribution in [3.63, 3.8) is 0 Å². The molecule has 0 spiro atoms. The maximum atomic E-state index is 12.8. The number of nitrogens with two attached hydrogens (primary N) is 1. The van der Waals surface area contributed by atoms with Gasteiger partial charge in [0.1, 0.15) is 11.0 Å². The van der Waals surface area contributed by atoms with E-state index in [9.17, 15) is 8.78 Å². The molecule has 1 saturated heterocycles. The Morgan fingerprint density at radius 1 is 1.25 bits per heavy atom. The lowest BCUT2D eigenvalue weighted by molar-refractivity contribution is 0.151. The Hall–Kier alpha value is -1.17. The number of aromatic nitrogens is 2. The van der Waals surface area contributed by atoms with Gasteiger partial charge in [-0.1, -0.05) is 11.6 Å². The highest BCUT2D eigenvalue weighted by Gasteiger charge is 2.26. The minimum atomic E-state index is -2.69. The van der Waals surface area contributed by atoms with Gasteiger partial charge < -0.3 is 10.6 Å². The fourth-order valence-electron chi connectivity index (χ4n) is 1.80. The Morgan fingerprint density at radius 2 is 1.88 bits per heavy atom. The lowest BCUT2D eigenvalue weighted by Crippen LogP contribution is -2.22. The summed E-state index contributed by atoms with van der Waals surface area (Å²) in [5.41, 5.74) is 5.10. The summed E-state index contributed by atoms with van der Waals surface area (Å²) in [4.78, 5) is 9.19. The van der Waals surface area contributed by atoms with E-state index in [-0.39, 0.29) is 22.5 Å². The highest BCUT2D eigenvalue weighted by atomic mass is 35.5. The predicted octanol–water partition coefficient (Wildman–Crippen LogP) is 2.25. The molecule has 1 aliphatic rings. The van der Waals surface area contributed by atoms with E-state index in [1.54, 1.807) is 4.90 Å². The third-order valence-electron chi connectivity index (χ3n) is 2.52. The van der Waals surface area contributed by atoms with Crippen LogP contribution in [0.3, 0.4) is 0 Å². The van der Waals surface area contributed by atoms with E-state index >= 15 is 0 Å². The number of nitrogen functional groups attached to an aromatic ring is 1. The zero-order valence-electron chi connectivity index (χ0n) is 8.46. The molecule has 0 aromatic carbocycles. The van der Waals surface area contributed by atoms with Crippen molar-refractivity contribution in [2.24, 2.45) is 0 Å². The van der Waals surface area contributed by atoms with E-state index < -0.39 is 6.43 Å². The molecule has 0 saturated carbocycles. The highest BCUT2D eigenvalue weighted by Crippen LogP contribution is 2.35. The minimum absolute atomic E-state index is 0.0729. The highest BCUT2D eigenvalue weighted by molar-refractivity contribution is 6.30. The van der Waals surface area contributed by atoms with Crippen LogP contribution in [0.4, 0.5) is 20.5 Å². The molecule has 88 valence electrons. The molecular formula is C9H11ClF2N4. The largest absolute Gasteiger partial charge is 0.368 e. The number of hydrogen-bond donors (Lipinski definition) is 1. The van der Waals surface area contributed by atoms with Crippen LogP contribution < -0.4 is 10.6 Å². The molecule has 1 fully saturated rings. The third-order valence-corrected chi connectivity index (χ3v) is 2.81. The van der Waals surface area contributed by atoms with Crippen LogP contribution in [0.25, 0.3) is 0 Å². The Bertz CT molecular complexity index is 393. The quantitative estimate of drug-likeness (QED) is 0.816. The first-order valence-electron chi connectivity index (χ1n) is 4.95. The summed E-state index contributed by atoms with van der Waals surface area (Å²) in [7, 11) is 0. The van der Waals surface area contributed by atoms with Gasteiger partial charge in [0, 0.05) is 13.1 Å². The van der Waals surface area contributed by atoms with Gasteiger partial charge in [0.05, 0.1) is 5.56 Å². The molecule has 7 heteroatoms. The second-order valence-electron chi connectivity index (χ2n) is 3.60. The van der Waals surface area contributed by atoms with Crippen molar-refractivity contribution < 1.29 is 8.78 Å². The summed E-state index contributed by atoms with van der Waals surface area (Å²) in [5.74, 6) is 0.0984. The van der Waals surface area contributed by atoms with Gasteiger partial charge in [0.25, 0.3) is 6.43 Å². The van der Waals surface area contributed by atoms with Crippen LogP contribution in [0.15, 0.2) is 0 Å². The number of hydrogen-bond acceptors (Lipinski definition) is 4. The summed E-state index contributed by atoms with van der Waals surface area (Å²) in [6.45, 7) is 1.40. The summed E-state index contributed by atoms with van der Waals surface area (Å²) < 4.78 is 25.7. The summed E-state index contributed by atoms with van der Waals surface area (Å²) in [5, 5.41) is -0.260. The standard InChI is InChI=1S/C9H11ClF2N4/c10-6-5(7(11)12)8(15-9(13)14-6)16-3-1-2-4-16/h7H,1-4H2,(H2,13,14,15). The minimum Gasteiger partial charge on any atom is -0.368 e. The molecule has 16 heavy (non-hydrogen) atoms.